The monoisotopic (exact) mass is 502 g/mol. The standard InChI is InChI=1S/C33H30N2O3/c1-37-31-20-12-13-25(32(31)38-2)21-22-30(36)29-23-35(24-34-29)33(26-14-6-3-7-15-26,27-16-8-4-9-17-27)28-18-10-5-11-19-28/h3-20,23-24H,21-22H2,1-2H3. The van der Waals surface area contributed by atoms with E-state index in [0.29, 0.717) is 30.0 Å². The maximum Gasteiger partial charge on any atom is 0.183 e. The molecule has 0 amide bonds. The summed E-state index contributed by atoms with van der Waals surface area (Å²) in [4.78, 5) is 18.0. The lowest BCUT2D eigenvalue weighted by molar-refractivity contribution is 0.0978. The molecule has 38 heavy (non-hydrogen) atoms. The lowest BCUT2D eigenvalue weighted by atomic mass is 9.77. The van der Waals surface area contributed by atoms with Crippen molar-refractivity contribution in [2.45, 2.75) is 18.4 Å². The Bertz CT molecular complexity index is 1400. The van der Waals surface area contributed by atoms with Gasteiger partial charge in [0.1, 0.15) is 11.2 Å². The van der Waals surface area contributed by atoms with Crippen LogP contribution < -0.4 is 9.47 Å². The van der Waals surface area contributed by atoms with Crippen LogP contribution in [0.15, 0.2) is 122 Å². The summed E-state index contributed by atoms with van der Waals surface area (Å²) >= 11 is 0. The molecule has 5 aromatic rings. The van der Waals surface area contributed by atoms with Crippen molar-refractivity contribution in [2.24, 2.45) is 0 Å². The summed E-state index contributed by atoms with van der Waals surface area (Å²) in [5, 5.41) is 0. The fraction of sp³-hybridized carbons (Fsp3) is 0.152. The third-order valence-electron chi connectivity index (χ3n) is 6.94. The summed E-state index contributed by atoms with van der Waals surface area (Å²) < 4.78 is 13.0. The normalized spacial score (nSPS) is 11.2. The van der Waals surface area contributed by atoms with Crippen LogP contribution in [0.4, 0.5) is 0 Å². The molecule has 0 spiro atoms. The van der Waals surface area contributed by atoms with Crippen LogP contribution in [-0.2, 0) is 12.0 Å². The maximum atomic E-state index is 13.4. The van der Waals surface area contributed by atoms with E-state index in [2.05, 4.69) is 45.9 Å². The molecule has 0 aliphatic rings. The number of imidazole rings is 1. The summed E-state index contributed by atoms with van der Waals surface area (Å²) in [5.41, 5.74) is 3.89. The lowest BCUT2D eigenvalue weighted by Gasteiger charge is -2.37. The van der Waals surface area contributed by atoms with Gasteiger partial charge in [-0.15, -0.1) is 0 Å². The van der Waals surface area contributed by atoms with E-state index >= 15 is 0 Å². The molecule has 0 aliphatic heterocycles. The third kappa shape index (κ3) is 4.59. The van der Waals surface area contributed by atoms with Gasteiger partial charge < -0.3 is 14.0 Å². The van der Waals surface area contributed by atoms with E-state index in [-0.39, 0.29) is 5.78 Å². The van der Waals surface area contributed by atoms with Crippen molar-refractivity contribution >= 4 is 5.78 Å². The van der Waals surface area contributed by atoms with Crippen molar-refractivity contribution < 1.29 is 14.3 Å². The number of benzene rings is 4. The second kappa shape index (κ2) is 11.2. The highest BCUT2D eigenvalue weighted by molar-refractivity contribution is 5.94. The molecule has 0 saturated carbocycles. The second-order valence-corrected chi connectivity index (χ2v) is 9.05. The number of carbonyl (C=O) groups excluding carboxylic acids is 1. The number of carbonyl (C=O) groups is 1. The minimum atomic E-state index is -0.703. The fourth-order valence-corrected chi connectivity index (χ4v) is 5.16. The molecule has 0 atom stereocenters. The summed E-state index contributed by atoms with van der Waals surface area (Å²) in [6, 6.07) is 36.7. The zero-order valence-electron chi connectivity index (χ0n) is 21.6. The van der Waals surface area contributed by atoms with Gasteiger partial charge in [0.2, 0.25) is 0 Å². The van der Waals surface area contributed by atoms with Gasteiger partial charge in [-0.25, -0.2) is 4.98 Å². The van der Waals surface area contributed by atoms with Gasteiger partial charge in [0, 0.05) is 12.6 Å². The molecule has 0 fully saturated rings. The largest absolute Gasteiger partial charge is 0.493 e. The predicted molar refractivity (Wildman–Crippen MR) is 149 cm³/mol. The number of Topliss-reactive ketones (excluding diaryl/α,β-unsaturated/α-hetero) is 1. The highest BCUT2D eigenvalue weighted by Gasteiger charge is 2.38. The molecule has 0 saturated heterocycles. The number of aromatic nitrogens is 2. The molecular weight excluding hydrogens is 472 g/mol. The van der Waals surface area contributed by atoms with Crippen LogP contribution in [0.2, 0.25) is 0 Å². The van der Waals surface area contributed by atoms with Crippen molar-refractivity contribution in [1.29, 1.82) is 0 Å². The minimum absolute atomic E-state index is 0.0308. The fourth-order valence-electron chi connectivity index (χ4n) is 5.16. The molecule has 0 unspecified atom stereocenters. The molecule has 0 radical (unpaired) electrons. The second-order valence-electron chi connectivity index (χ2n) is 9.05. The van der Waals surface area contributed by atoms with Gasteiger partial charge in [-0.2, -0.15) is 0 Å². The van der Waals surface area contributed by atoms with Crippen LogP contribution in [0.1, 0.15) is 39.2 Å². The van der Waals surface area contributed by atoms with Gasteiger partial charge in [0.05, 0.1) is 20.5 Å². The van der Waals surface area contributed by atoms with Crippen molar-refractivity contribution in [1.82, 2.24) is 9.55 Å². The van der Waals surface area contributed by atoms with E-state index in [1.807, 2.05) is 79.0 Å². The molecule has 0 bridgehead atoms. The molecule has 1 aromatic heterocycles. The zero-order chi connectivity index (χ0) is 26.4. The highest BCUT2D eigenvalue weighted by Crippen LogP contribution is 2.41. The third-order valence-corrected chi connectivity index (χ3v) is 6.94. The van der Waals surface area contributed by atoms with E-state index in [1.165, 1.54) is 0 Å². The maximum absolute atomic E-state index is 13.4. The van der Waals surface area contributed by atoms with Crippen LogP contribution in [0.5, 0.6) is 11.5 Å². The van der Waals surface area contributed by atoms with Gasteiger partial charge in [-0.1, -0.05) is 103 Å². The van der Waals surface area contributed by atoms with E-state index in [9.17, 15) is 4.79 Å². The summed E-state index contributed by atoms with van der Waals surface area (Å²) in [6.45, 7) is 0. The van der Waals surface area contributed by atoms with Crippen molar-refractivity contribution in [3.63, 3.8) is 0 Å². The summed E-state index contributed by atoms with van der Waals surface area (Å²) in [7, 11) is 3.22. The van der Waals surface area contributed by atoms with Gasteiger partial charge in [-0.3, -0.25) is 4.79 Å². The van der Waals surface area contributed by atoms with Crippen LogP contribution in [-0.4, -0.2) is 29.6 Å². The average Bonchev–Trinajstić information content (AvgIpc) is 3.48. The lowest BCUT2D eigenvalue weighted by Crippen LogP contribution is -2.37. The molecule has 4 aromatic carbocycles. The number of hydrogen-bond acceptors (Lipinski definition) is 4. The Kier molecular flexibility index (Phi) is 7.36. The number of aryl methyl sites for hydroxylation is 1. The molecule has 1 heterocycles. The van der Waals surface area contributed by atoms with E-state index in [0.717, 1.165) is 22.3 Å². The molecule has 0 aliphatic carbocycles. The predicted octanol–water partition coefficient (Wildman–Crippen LogP) is 6.56. The quantitative estimate of drug-likeness (QED) is 0.160. The van der Waals surface area contributed by atoms with Crippen LogP contribution in [0.25, 0.3) is 0 Å². The number of nitrogens with zero attached hydrogens (tertiary/aromatic N) is 2. The first kappa shape index (κ1) is 25.0. The van der Waals surface area contributed by atoms with Crippen molar-refractivity contribution in [3.8, 4) is 11.5 Å². The molecular formula is C33H30N2O3. The van der Waals surface area contributed by atoms with Gasteiger partial charge >= 0.3 is 0 Å². The zero-order valence-corrected chi connectivity index (χ0v) is 21.6. The Labute approximate surface area is 223 Å². The number of hydrogen-bond donors (Lipinski definition) is 0. The Hall–Kier alpha value is -4.64. The number of ketones is 1. The van der Waals surface area contributed by atoms with Crippen LogP contribution in [0.3, 0.4) is 0 Å². The van der Waals surface area contributed by atoms with E-state index in [4.69, 9.17) is 9.47 Å². The first-order chi connectivity index (χ1) is 18.7. The van der Waals surface area contributed by atoms with Gasteiger partial charge in [0.25, 0.3) is 0 Å². The minimum Gasteiger partial charge on any atom is -0.493 e. The highest BCUT2D eigenvalue weighted by atomic mass is 16.5. The molecule has 5 heteroatoms. The SMILES string of the molecule is COc1cccc(CCC(=O)c2cn(C(c3ccccc3)(c3ccccc3)c3ccccc3)cn2)c1OC. The van der Waals surface area contributed by atoms with Crippen LogP contribution in [0, 0.1) is 0 Å². The number of ether oxygens (including phenoxy) is 2. The number of methoxy groups -OCH3 is 2. The summed E-state index contributed by atoms with van der Waals surface area (Å²) in [6.07, 6.45) is 4.47. The van der Waals surface area contributed by atoms with Crippen molar-refractivity contribution in [3.05, 3.63) is 150 Å². The first-order valence-corrected chi connectivity index (χ1v) is 12.6. The molecule has 5 nitrogen and oxygen atoms in total. The van der Waals surface area contributed by atoms with E-state index in [1.54, 1.807) is 20.5 Å². The summed E-state index contributed by atoms with van der Waals surface area (Å²) in [5.74, 6) is 1.28. The Morgan fingerprint density at radius 3 is 1.79 bits per heavy atom. The molecule has 5 rings (SSSR count). The average molecular weight is 503 g/mol. The van der Waals surface area contributed by atoms with E-state index < -0.39 is 5.54 Å². The number of para-hydroxylation sites is 1. The smallest absolute Gasteiger partial charge is 0.183 e. The molecule has 190 valence electrons. The van der Waals surface area contributed by atoms with Crippen LogP contribution >= 0.6 is 0 Å². The number of rotatable bonds is 10. The van der Waals surface area contributed by atoms with Gasteiger partial charge in [0.15, 0.2) is 17.3 Å². The van der Waals surface area contributed by atoms with Crippen molar-refractivity contribution in [2.75, 3.05) is 14.2 Å². The van der Waals surface area contributed by atoms with Gasteiger partial charge in [-0.05, 0) is 34.7 Å². The Balaban J connectivity index is 1.55. The molecule has 0 N–H and O–H groups in total. The topological polar surface area (TPSA) is 53.4 Å². The Morgan fingerprint density at radius 1 is 0.737 bits per heavy atom. The Morgan fingerprint density at radius 2 is 1.29 bits per heavy atom. The first-order valence-electron chi connectivity index (χ1n) is 12.6.